The molecule has 3 N–H and O–H groups in total. The second kappa shape index (κ2) is 21.2. The van der Waals surface area contributed by atoms with Crippen molar-refractivity contribution in [1.82, 2.24) is 15.2 Å². The molecule has 0 aliphatic carbocycles. The quantitative estimate of drug-likeness (QED) is 0.0272. The van der Waals surface area contributed by atoms with Crippen molar-refractivity contribution in [3.63, 3.8) is 0 Å². The van der Waals surface area contributed by atoms with Gasteiger partial charge in [0, 0.05) is 36.4 Å². The van der Waals surface area contributed by atoms with Crippen LogP contribution in [0.4, 0.5) is 5.13 Å². The van der Waals surface area contributed by atoms with Gasteiger partial charge in [-0.15, -0.1) is 34.7 Å². The third-order valence-electron chi connectivity index (χ3n) is 9.88. The number of benzene rings is 4. The van der Waals surface area contributed by atoms with Crippen LogP contribution in [0.15, 0.2) is 125 Å². The van der Waals surface area contributed by atoms with Gasteiger partial charge in [0.05, 0.1) is 7.11 Å². The highest BCUT2D eigenvalue weighted by Gasteiger charge is 2.54. The molecule has 0 bridgehead atoms. The molecule has 2 aliphatic heterocycles. The first kappa shape index (κ1) is 46.8. The Balaban J connectivity index is 1.18. The van der Waals surface area contributed by atoms with Crippen molar-refractivity contribution in [2.24, 2.45) is 5.16 Å². The number of oxime groups is 1. The van der Waals surface area contributed by atoms with Crippen LogP contribution in [0.3, 0.4) is 0 Å². The number of thiazole rings is 1. The van der Waals surface area contributed by atoms with E-state index in [9.17, 15) is 28.8 Å². The molecule has 340 valence electrons. The normalized spacial score (nSPS) is 16.0. The lowest BCUT2D eigenvalue weighted by atomic mass is 10.0. The number of halogens is 1. The van der Waals surface area contributed by atoms with Gasteiger partial charge in [-0.2, -0.15) is 0 Å². The summed E-state index contributed by atoms with van der Waals surface area (Å²) < 4.78 is 27.5. The average Bonchev–Trinajstić information content (AvgIpc) is 3.76. The molecular formula is C46H40ClN5O12S2. The number of carbonyl (C=O) groups excluding carboxylic acids is 6. The topological polar surface area (TPSA) is 224 Å². The maximum atomic E-state index is 14.5. The molecule has 5 aromatic rings. The van der Waals surface area contributed by atoms with E-state index >= 15 is 0 Å². The van der Waals surface area contributed by atoms with Crippen LogP contribution in [0, 0.1) is 0 Å². The van der Waals surface area contributed by atoms with E-state index in [0.717, 1.165) is 25.2 Å². The number of nitrogens with two attached hydrogens (primary N) is 1. The average molecular weight is 954 g/mol. The number of hydrogen-bond donors (Lipinski definition) is 2. The smallest absolute Gasteiger partial charge is 0.355 e. The number of nitrogens with one attached hydrogen (secondary N) is 1. The van der Waals surface area contributed by atoms with Crippen LogP contribution in [0.5, 0.6) is 17.2 Å². The molecule has 4 aromatic carbocycles. The van der Waals surface area contributed by atoms with Gasteiger partial charge in [-0.1, -0.05) is 84.0 Å². The molecule has 7 rings (SSSR count). The number of fused-ring (bicyclic) bond motifs is 1. The number of hydrogen-bond acceptors (Lipinski definition) is 17. The lowest BCUT2D eigenvalue weighted by Gasteiger charge is -2.49. The molecule has 0 saturated carbocycles. The maximum Gasteiger partial charge on any atom is 0.355 e. The summed E-state index contributed by atoms with van der Waals surface area (Å²) in [6.45, 7) is 2.20. The molecular weight excluding hydrogens is 914 g/mol. The largest absolute Gasteiger partial charge is 0.497 e. The van der Waals surface area contributed by atoms with Gasteiger partial charge in [0.25, 0.3) is 11.8 Å². The van der Waals surface area contributed by atoms with Gasteiger partial charge in [0.15, 0.2) is 28.4 Å². The number of carbonyl (C=O) groups is 6. The summed E-state index contributed by atoms with van der Waals surface area (Å²) in [5, 5.41) is 7.57. The lowest BCUT2D eigenvalue weighted by Crippen LogP contribution is -2.71. The Morgan fingerprint density at radius 1 is 0.894 bits per heavy atom. The van der Waals surface area contributed by atoms with Crippen molar-refractivity contribution in [1.29, 1.82) is 0 Å². The molecule has 0 radical (unpaired) electrons. The van der Waals surface area contributed by atoms with Crippen LogP contribution in [0.1, 0.15) is 54.0 Å². The predicted molar refractivity (Wildman–Crippen MR) is 242 cm³/mol. The molecule has 0 spiro atoms. The molecule has 0 unspecified atom stereocenters. The molecule has 2 amide bonds. The molecule has 1 saturated heterocycles. The fourth-order valence-electron chi connectivity index (χ4n) is 6.79. The number of amides is 2. The predicted octanol–water partition coefficient (Wildman–Crippen LogP) is 6.02. The zero-order valence-corrected chi connectivity index (χ0v) is 37.7. The summed E-state index contributed by atoms with van der Waals surface area (Å²) >= 11 is 8.50. The van der Waals surface area contributed by atoms with E-state index < -0.39 is 65.0 Å². The second-order valence-corrected chi connectivity index (χ2v) is 16.7. The minimum Gasteiger partial charge on any atom is -0.497 e. The number of thioether (sulfide) groups is 1. The second-order valence-electron chi connectivity index (χ2n) is 14.4. The maximum absolute atomic E-state index is 14.5. The summed E-state index contributed by atoms with van der Waals surface area (Å²) in [6.07, 6.45) is -2.73. The lowest BCUT2D eigenvalue weighted by molar-refractivity contribution is -0.162. The Labute approximate surface area is 390 Å². The SMILES string of the molecule is COc1ccc(COC(=O)C2=C(CCl)CS[C@@H]3[C@H](NC(=O)/C(=N/O[C@H](C(=O)OC(c4ccccc4)c4ccccc4)c4ccc(OC(C)=O)c(OC(C)=O)c4)c4csc(N)n4)C(=O)N23)cc1. The monoisotopic (exact) mass is 953 g/mol. The highest BCUT2D eigenvalue weighted by Crippen LogP contribution is 2.41. The van der Waals surface area contributed by atoms with Gasteiger partial charge >= 0.3 is 23.9 Å². The number of β-lactam (4-membered cyclic amide) rings is 1. The van der Waals surface area contributed by atoms with Crippen LogP contribution in [-0.4, -0.2) is 81.4 Å². The number of aromatic nitrogens is 1. The summed E-state index contributed by atoms with van der Waals surface area (Å²) in [5.41, 5.74) is 7.81. The molecule has 1 fully saturated rings. The van der Waals surface area contributed by atoms with Crippen LogP contribution >= 0.6 is 34.7 Å². The third-order valence-corrected chi connectivity index (χ3v) is 12.2. The van der Waals surface area contributed by atoms with Gasteiger partial charge in [0.1, 0.15) is 35.2 Å². The summed E-state index contributed by atoms with van der Waals surface area (Å²) in [6, 6.07) is 27.4. The van der Waals surface area contributed by atoms with E-state index in [1.807, 2.05) is 0 Å². The minimum atomic E-state index is -1.78. The standard InChI is InChI=1S/C46H40ClN5O12S2/c1-25(53)61-34-19-16-30(20-35(34)62-26(2)54)40(45(58)63-39(28-10-6-4-7-11-28)29-12-8-5-9-13-29)64-51-36(33-24-66-46(48)49-33)41(55)50-37-42(56)52-38(31(21-47)23-65-43(37)52)44(57)60-22-27-14-17-32(59-3)18-15-27/h4-20,24,37,39-40,43H,21-23H2,1-3H3,(H2,48,49)(H,50,55)/b51-36+/t37-,40+,43-/m1/s1. The number of ether oxygens (including phenoxy) is 5. The van der Waals surface area contributed by atoms with Crippen LogP contribution in [0.25, 0.3) is 0 Å². The van der Waals surface area contributed by atoms with Gasteiger partial charge in [-0.3, -0.25) is 24.1 Å². The van der Waals surface area contributed by atoms with Gasteiger partial charge < -0.3 is 39.6 Å². The first-order chi connectivity index (χ1) is 31.8. The van der Waals surface area contributed by atoms with E-state index in [1.54, 1.807) is 84.9 Å². The van der Waals surface area contributed by atoms with E-state index in [2.05, 4.69) is 15.5 Å². The summed E-state index contributed by atoms with van der Waals surface area (Å²) in [4.78, 5) is 91.6. The molecule has 2 aliphatic rings. The first-order valence-corrected chi connectivity index (χ1v) is 22.4. The fourth-order valence-corrected chi connectivity index (χ4v) is 9.02. The Morgan fingerprint density at radius 3 is 2.14 bits per heavy atom. The van der Waals surface area contributed by atoms with E-state index in [4.69, 9.17) is 45.9 Å². The number of anilines is 1. The summed E-state index contributed by atoms with van der Waals surface area (Å²) in [5.74, 6) is -4.36. The van der Waals surface area contributed by atoms with Crippen molar-refractivity contribution in [3.05, 3.63) is 148 Å². The van der Waals surface area contributed by atoms with E-state index in [-0.39, 0.29) is 51.8 Å². The molecule has 1 aromatic heterocycles. The number of methoxy groups -OCH3 is 1. The highest BCUT2D eigenvalue weighted by atomic mass is 35.5. The van der Waals surface area contributed by atoms with E-state index in [1.165, 1.54) is 47.4 Å². The van der Waals surface area contributed by atoms with Gasteiger partial charge in [0.2, 0.25) is 6.10 Å². The summed E-state index contributed by atoms with van der Waals surface area (Å²) in [7, 11) is 1.54. The minimum absolute atomic E-state index is 0.00466. The molecule has 66 heavy (non-hydrogen) atoms. The number of rotatable bonds is 17. The number of nitrogens with zero attached hydrogens (tertiary/aromatic N) is 3. The van der Waals surface area contributed by atoms with E-state index in [0.29, 0.717) is 28.0 Å². The number of nitrogen functional groups attached to an aromatic ring is 1. The van der Waals surface area contributed by atoms with Crippen molar-refractivity contribution in [2.75, 3.05) is 24.5 Å². The zero-order chi connectivity index (χ0) is 46.9. The Bertz CT molecular complexity index is 2660. The van der Waals surface area contributed by atoms with Crippen LogP contribution in [0.2, 0.25) is 0 Å². The molecule has 3 heterocycles. The van der Waals surface area contributed by atoms with Crippen molar-refractivity contribution in [3.8, 4) is 17.2 Å². The van der Waals surface area contributed by atoms with Crippen molar-refractivity contribution < 1.29 is 57.3 Å². The van der Waals surface area contributed by atoms with Crippen LogP contribution in [-0.2, 0) is 49.7 Å². The highest BCUT2D eigenvalue weighted by molar-refractivity contribution is 8.00. The third kappa shape index (κ3) is 10.8. The number of alkyl halides is 1. The first-order valence-electron chi connectivity index (χ1n) is 19.9. The van der Waals surface area contributed by atoms with Gasteiger partial charge in [-0.05, 0) is 46.5 Å². The van der Waals surface area contributed by atoms with Crippen molar-refractivity contribution in [2.45, 2.75) is 44.1 Å². The molecule has 3 atom stereocenters. The Kier molecular flexibility index (Phi) is 15.0. The van der Waals surface area contributed by atoms with Crippen molar-refractivity contribution >= 4 is 81.2 Å². The zero-order valence-electron chi connectivity index (χ0n) is 35.3. The number of esters is 4. The molecule has 17 nitrogen and oxygen atoms in total. The fraction of sp³-hybridized carbons (Fsp3) is 0.217. The molecule has 20 heteroatoms. The Hall–Kier alpha value is -7.22. The van der Waals surface area contributed by atoms with Crippen LogP contribution < -0.4 is 25.3 Å². The Morgan fingerprint density at radius 2 is 1.55 bits per heavy atom. The van der Waals surface area contributed by atoms with Gasteiger partial charge in [-0.25, -0.2) is 14.6 Å².